The number of aromatic carboxylic acids is 1. The molecule has 5 nitrogen and oxygen atoms in total. The van der Waals surface area contributed by atoms with Crippen LogP contribution in [0.5, 0.6) is 0 Å². The van der Waals surface area contributed by atoms with E-state index in [0.717, 1.165) is 23.7 Å². The van der Waals surface area contributed by atoms with Gasteiger partial charge in [-0.05, 0) is 12.5 Å². The average molecular weight is 288 g/mol. The Morgan fingerprint density at radius 2 is 2.05 bits per heavy atom. The van der Waals surface area contributed by atoms with Gasteiger partial charge >= 0.3 is 5.97 Å². The van der Waals surface area contributed by atoms with Crippen molar-refractivity contribution in [1.29, 1.82) is 0 Å². The Kier molecular flexibility index (Phi) is 5.11. The summed E-state index contributed by atoms with van der Waals surface area (Å²) in [6, 6.07) is 7.49. The van der Waals surface area contributed by atoms with Crippen molar-refractivity contribution in [1.82, 2.24) is 4.98 Å². The zero-order valence-corrected chi connectivity index (χ0v) is 12.1. The summed E-state index contributed by atoms with van der Waals surface area (Å²) in [4.78, 5) is 17.7. The van der Waals surface area contributed by atoms with Gasteiger partial charge in [-0.1, -0.05) is 31.5 Å². The highest BCUT2D eigenvalue weighted by Gasteiger charge is 2.19. The number of fused-ring (bicyclic) bond motifs is 1. The number of carboxylic acid groups (broad SMARTS) is 1. The lowest BCUT2D eigenvalue weighted by Gasteiger charge is -2.26. The van der Waals surface area contributed by atoms with Crippen LogP contribution in [0.4, 0.5) is 5.69 Å². The van der Waals surface area contributed by atoms with E-state index < -0.39 is 5.97 Å². The predicted octanol–water partition coefficient (Wildman–Crippen LogP) is 2.53. The third-order valence-electron chi connectivity index (χ3n) is 3.45. The van der Waals surface area contributed by atoms with Gasteiger partial charge in [0, 0.05) is 24.7 Å². The van der Waals surface area contributed by atoms with E-state index in [1.165, 1.54) is 6.20 Å². The lowest BCUT2D eigenvalue weighted by atomic mass is 10.1. The van der Waals surface area contributed by atoms with Gasteiger partial charge in [0.1, 0.15) is 5.56 Å². The first-order valence-electron chi connectivity index (χ1n) is 7.15. The molecule has 0 amide bonds. The molecule has 0 fully saturated rings. The topological polar surface area (TPSA) is 73.7 Å². The molecule has 1 aromatic carbocycles. The Hall–Kier alpha value is -2.14. The largest absolute Gasteiger partial charge is 0.478 e. The third kappa shape index (κ3) is 3.31. The van der Waals surface area contributed by atoms with Gasteiger partial charge in [-0.3, -0.25) is 4.98 Å². The minimum Gasteiger partial charge on any atom is -0.478 e. The van der Waals surface area contributed by atoms with Crippen molar-refractivity contribution in [2.45, 2.75) is 19.8 Å². The number of aromatic nitrogens is 1. The fourth-order valence-electron chi connectivity index (χ4n) is 2.43. The van der Waals surface area contributed by atoms with E-state index in [0.29, 0.717) is 18.8 Å². The molecule has 1 aromatic heterocycles. The lowest BCUT2D eigenvalue weighted by Crippen LogP contribution is -2.29. The zero-order valence-electron chi connectivity index (χ0n) is 12.1. The molecule has 21 heavy (non-hydrogen) atoms. The average Bonchev–Trinajstić information content (AvgIpc) is 2.50. The molecule has 0 aliphatic rings. The maximum absolute atomic E-state index is 11.5. The molecule has 0 aliphatic carbocycles. The number of rotatable bonds is 7. The summed E-state index contributed by atoms with van der Waals surface area (Å²) in [5.41, 5.74) is 1.59. The Bertz CT molecular complexity index is 628. The predicted molar refractivity (Wildman–Crippen MR) is 82.9 cm³/mol. The second-order valence-electron chi connectivity index (χ2n) is 4.91. The van der Waals surface area contributed by atoms with Crippen LogP contribution in [0, 0.1) is 0 Å². The molecular weight excluding hydrogens is 268 g/mol. The number of aliphatic hydroxyl groups excluding tert-OH is 1. The molecular formula is C16H20N2O3. The Morgan fingerprint density at radius 1 is 1.29 bits per heavy atom. The normalized spacial score (nSPS) is 10.8. The maximum Gasteiger partial charge on any atom is 0.339 e. The van der Waals surface area contributed by atoms with E-state index in [1.807, 2.05) is 29.2 Å². The van der Waals surface area contributed by atoms with Crippen LogP contribution in [0.1, 0.15) is 30.1 Å². The molecule has 0 unspecified atom stereocenters. The van der Waals surface area contributed by atoms with Crippen molar-refractivity contribution < 1.29 is 15.0 Å². The fraction of sp³-hybridized carbons (Fsp3) is 0.375. The van der Waals surface area contributed by atoms with Crippen molar-refractivity contribution in [2.24, 2.45) is 0 Å². The highest BCUT2D eigenvalue weighted by atomic mass is 16.4. The Morgan fingerprint density at radius 3 is 2.71 bits per heavy atom. The summed E-state index contributed by atoms with van der Waals surface area (Å²) in [5, 5.41) is 19.5. The molecule has 2 rings (SSSR count). The number of carboxylic acids is 1. The number of para-hydroxylation sites is 1. The lowest BCUT2D eigenvalue weighted by molar-refractivity contribution is 0.0697. The summed E-state index contributed by atoms with van der Waals surface area (Å²) in [6.07, 6.45) is 3.35. The molecule has 5 heteroatoms. The maximum atomic E-state index is 11.5. The molecule has 0 bridgehead atoms. The number of hydrogen-bond donors (Lipinski definition) is 2. The van der Waals surface area contributed by atoms with Gasteiger partial charge in [0.25, 0.3) is 0 Å². The van der Waals surface area contributed by atoms with Crippen molar-refractivity contribution in [3.8, 4) is 0 Å². The summed E-state index contributed by atoms with van der Waals surface area (Å²) in [7, 11) is 0. The van der Waals surface area contributed by atoms with Crippen LogP contribution in [0.3, 0.4) is 0 Å². The van der Waals surface area contributed by atoms with E-state index in [-0.39, 0.29) is 12.2 Å². The van der Waals surface area contributed by atoms with E-state index in [4.69, 9.17) is 0 Å². The summed E-state index contributed by atoms with van der Waals surface area (Å²) >= 11 is 0. The highest BCUT2D eigenvalue weighted by molar-refractivity contribution is 6.04. The van der Waals surface area contributed by atoms with E-state index in [9.17, 15) is 15.0 Å². The van der Waals surface area contributed by atoms with Crippen molar-refractivity contribution in [3.05, 3.63) is 36.0 Å². The molecule has 0 spiro atoms. The summed E-state index contributed by atoms with van der Waals surface area (Å²) in [5.74, 6) is -0.998. The van der Waals surface area contributed by atoms with Gasteiger partial charge in [-0.25, -0.2) is 4.79 Å². The molecule has 2 aromatic rings. The van der Waals surface area contributed by atoms with E-state index in [2.05, 4.69) is 11.9 Å². The number of anilines is 1. The van der Waals surface area contributed by atoms with E-state index >= 15 is 0 Å². The van der Waals surface area contributed by atoms with Crippen LogP contribution in [0.15, 0.2) is 30.5 Å². The molecule has 0 aliphatic heterocycles. The van der Waals surface area contributed by atoms with E-state index in [1.54, 1.807) is 0 Å². The number of pyridine rings is 1. The van der Waals surface area contributed by atoms with Crippen molar-refractivity contribution >= 4 is 22.6 Å². The van der Waals surface area contributed by atoms with Crippen molar-refractivity contribution in [2.75, 3.05) is 24.6 Å². The number of hydrogen-bond acceptors (Lipinski definition) is 4. The summed E-state index contributed by atoms with van der Waals surface area (Å²) in [6.45, 7) is 3.19. The second-order valence-corrected chi connectivity index (χ2v) is 4.91. The molecule has 0 saturated heterocycles. The second kappa shape index (κ2) is 7.04. The third-order valence-corrected chi connectivity index (χ3v) is 3.45. The summed E-state index contributed by atoms with van der Waals surface area (Å²) < 4.78 is 0. The van der Waals surface area contributed by atoms with Gasteiger partial charge in [0.05, 0.1) is 17.8 Å². The molecule has 112 valence electrons. The molecule has 0 radical (unpaired) electrons. The molecule has 0 atom stereocenters. The van der Waals surface area contributed by atoms with Gasteiger partial charge < -0.3 is 15.1 Å². The minimum atomic E-state index is -0.998. The van der Waals surface area contributed by atoms with Gasteiger partial charge in [0.2, 0.25) is 0 Å². The van der Waals surface area contributed by atoms with Crippen LogP contribution >= 0.6 is 0 Å². The number of nitrogens with zero attached hydrogens (tertiary/aromatic N) is 2. The monoisotopic (exact) mass is 288 g/mol. The SMILES string of the molecule is CCCCN(CCO)c1c(C(=O)O)cnc2ccccc12. The van der Waals surface area contributed by atoms with Crippen LogP contribution in [0.2, 0.25) is 0 Å². The van der Waals surface area contributed by atoms with Crippen LogP contribution in [0.25, 0.3) is 10.9 Å². The van der Waals surface area contributed by atoms with Crippen LogP contribution in [-0.2, 0) is 0 Å². The first kappa shape index (κ1) is 15.3. The fourth-order valence-corrected chi connectivity index (χ4v) is 2.43. The van der Waals surface area contributed by atoms with Crippen LogP contribution in [-0.4, -0.2) is 40.9 Å². The Balaban J connectivity index is 2.60. The van der Waals surface area contributed by atoms with Crippen molar-refractivity contribution in [3.63, 3.8) is 0 Å². The Labute approximate surface area is 123 Å². The van der Waals surface area contributed by atoms with Crippen LogP contribution < -0.4 is 4.90 Å². The molecule has 2 N–H and O–H groups in total. The molecule has 0 saturated carbocycles. The number of benzene rings is 1. The number of unbranched alkanes of at least 4 members (excludes halogenated alkanes) is 1. The number of carbonyl (C=O) groups is 1. The smallest absolute Gasteiger partial charge is 0.339 e. The minimum absolute atomic E-state index is 0.0145. The first-order valence-corrected chi connectivity index (χ1v) is 7.15. The standard InChI is InChI=1S/C16H20N2O3/c1-2-3-8-18(9-10-19)15-12-6-4-5-7-14(12)17-11-13(15)16(20)21/h4-7,11,19H,2-3,8-10H2,1H3,(H,20,21). The zero-order chi connectivity index (χ0) is 15.2. The first-order chi connectivity index (χ1) is 10.2. The van der Waals surface area contributed by atoms with Gasteiger partial charge in [-0.15, -0.1) is 0 Å². The quantitative estimate of drug-likeness (QED) is 0.819. The number of aliphatic hydroxyl groups is 1. The van der Waals surface area contributed by atoms with Gasteiger partial charge in [-0.2, -0.15) is 0 Å². The highest BCUT2D eigenvalue weighted by Crippen LogP contribution is 2.29. The molecule has 1 heterocycles. The van der Waals surface area contributed by atoms with Gasteiger partial charge in [0.15, 0.2) is 0 Å².